The number of rotatable bonds is 6. The van der Waals surface area contributed by atoms with E-state index in [9.17, 15) is 18.3 Å². The van der Waals surface area contributed by atoms with E-state index in [2.05, 4.69) is 6.07 Å². The largest absolute Gasteiger partial charge is 0.493 e. The summed E-state index contributed by atoms with van der Waals surface area (Å²) in [6.45, 7) is 9.01. The van der Waals surface area contributed by atoms with E-state index in [-0.39, 0.29) is 13.1 Å². The van der Waals surface area contributed by atoms with Crippen molar-refractivity contribution in [2.75, 3.05) is 17.5 Å². The molecule has 8 nitrogen and oxygen atoms in total. The maximum atomic E-state index is 14.1. The molecule has 0 amide bonds. The first kappa shape index (κ1) is 28.7. The number of ether oxygens (including phenoxy) is 2. The first-order valence-corrected chi connectivity index (χ1v) is 16.0. The van der Waals surface area contributed by atoms with E-state index in [4.69, 9.17) is 9.47 Å². The third-order valence-corrected chi connectivity index (χ3v) is 10.2. The van der Waals surface area contributed by atoms with Crippen LogP contribution in [0.2, 0.25) is 0 Å². The van der Waals surface area contributed by atoms with E-state index < -0.39 is 27.9 Å². The van der Waals surface area contributed by atoms with Gasteiger partial charge in [0, 0.05) is 25.2 Å². The molecule has 1 unspecified atom stereocenters. The van der Waals surface area contributed by atoms with E-state index in [1.54, 1.807) is 0 Å². The summed E-state index contributed by atoms with van der Waals surface area (Å²) in [5.74, 6) is -0.236. The van der Waals surface area contributed by atoms with Crippen LogP contribution in [0.3, 0.4) is 0 Å². The fourth-order valence-corrected chi connectivity index (χ4v) is 8.26. The summed E-state index contributed by atoms with van der Waals surface area (Å²) in [4.78, 5) is 12.9. The number of fused-ring (bicyclic) bond motifs is 1. The van der Waals surface area contributed by atoms with E-state index in [1.165, 1.54) is 8.61 Å². The number of carbonyl (C=O) groups is 1. The molecule has 9 heteroatoms. The molecule has 42 heavy (non-hydrogen) atoms. The first-order chi connectivity index (χ1) is 20.0. The summed E-state index contributed by atoms with van der Waals surface area (Å²) >= 11 is 0. The lowest BCUT2D eigenvalue weighted by Gasteiger charge is -2.43. The predicted octanol–water partition coefficient (Wildman–Crippen LogP) is 5.94. The molecular weight excluding hydrogens is 552 g/mol. The van der Waals surface area contributed by atoms with Gasteiger partial charge in [0.1, 0.15) is 5.75 Å². The van der Waals surface area contributed by atoms with Crippen molar-refractivity contribution in [2.45, 2.75) is 78.2 Å². The van der Waals surface area contributed by atoms with Gasteiger partial charge in [-0.15, -0.1) is 0 Å². The van der Waals surface area contributed by atoms with Crippen molar-refractivity contribution in [1.29, 1.82) is 0 Å². The maximum Gasteiger partial charge on any atom is 0.337 e. The summed E-state index contributed by atoms with van der Waals surface area (Å²) in [5.41, 5.74) is 6.72. The fraction of sp³-hybridized carbons (Fsp3) is 0.424. The lowest BCUT2D eigenvalue weighted by Crippen LogP contribution is -2.50. The number of hydrogen-bond acceptors (Lipinski definition) is 5. The van der Waals surface area contributed by atoms with Crippen molar-refractivity contribution >= 4 is 21.9 Å². The second-order valence-electron chi connectivity index (χ2n) is 12.4. The summed E-state index contributed by atoms with van der Waals surface area (Å²) in [6.07, 6.45) is 1.69. The van der Waals surface area contributed by atoms with E-state index in [0.717, 1.165) is 57.5 Å². The summed E-state index contributed by atoms with van der Waals surface area (Å²) < 4.78 is 43.3. The Balaban J connectivity index is 1.61. The average molecular weight is 591 g/mol. The van der Waals surface area contributed by atoms with Crippen molar-refractivity contribution in [3.63, 3.8) is 0 Å². The molecular formula is C33H38N2O6S. The summed E-state index contributed by atoms with van der Waals surface area (Å²) in [6, 6.07) is 15.7. The third kappa shape index (κ3) is 5.08. The van der Waals surface area contributed by atoms with Crippen molar-refractivity contribution in [3.8, 4) is 16.9 Å². The van der Waals surface area contributed by atoms with Crippen LogP contribution in [-0.2, 0) is 45.7 Å². The van der Waals surface area contributed by atoms with Gasteiger partial charge in [-0.05, 0) is 104 Å². The monoisotopic (exact) mass is 590 g/mol. The Bertz CT molecular complexity index is 1650. The van der Waals surface area contributed by atoms with E-state index in [1.807, 2.05) is 70.2 Å². The molecule has 1 N–H and O–H groups in total. The van der Waals surface area contributed by atoms with Crippen LogP contribution in [0.25, 0.3) is 11.1 Å². The molecule has 3 aromatic rings. The topological polar surface area (TPSA) is 96.4 Å². The van der Waals surface area contributed by atoms with Crippen LogP contribution in [0.4, 0.5) is 5.69 Å². The van der Waals surface area contributed by atoms with Gasteiger partial charge in [-0.25, -0.2) is 4.79 Å². The van der Waals surface area contributed by atoms with Crippen LogP contribution in [-0.4, -0.2) is 42.6 Å². The number of hydrogen-bond donors (Lipinski definition) is 1. The number of anilines is 1. The van der Waals surface area contributed by atoms with Gasteiger partial charge in [-0.3, -0.25) is 4.31 Å². The molecule has 0 fully saturated rings. The van der Waals surface area contributed by atoms with Crippen LogP contribution in [0.5, 0.6) is 5.75 Å². The zero-order valence-electron chi connectivity index (χ0n) is 24.6. The molecule has 0 aromatic heterocycles. The highest BCUT2D eigenvalue weighted by Gasteiger charge is 2.44. The molecule has 0 aliphatic carbocycles. The predicted molar refractivity (Wildman–Crippen MR) is 162 cm³/mol. The second-order valence-corrected chi connectivity index (χ2v) is 14.2. The quantitative estimate of drug-likeness (QED) is 0.382. The van der Waals surface area contributed by atoms with Crippen LogP contribution in [0, 0.1) is 6.92 Å². The Morgan fingerprint density at radius 1 is 1.07 bits per heavy atom. The molecule has 6 rings (SSSR count). The van der Waals surface area contributed by atoms with Crippen LogP contribution < -0.4 is 9.04 Å². The molecule has 1 atom stereocenters. The number of nitrogens with zero attached hydrogens (tertiary/aromatic N) is 2. The zero-order chi connectivity index (χ0) is 29.8. The SMILES string of the molecule is Cc1c2c3c(c(C(OC(C)(C)C)C(=O)O)c1-c1ccc4c(c1)CCCO4)CCCN3S(=O)(=O)N(Cc1ccccc1)C2. The van der Waals surface area contributed by atoms with Crippen molar-refractivity contribution in [2.24, 2.45) is 0 Å². The fourth-order valence-electron chi connectivity index (χ4n) is 6.57. The molecule has 0 spiro atoms. The van der Waals surface area contributed by atoms with Gasteiger partial charge in [0.25, 0.3) is 0 Å². The van der Waals surface area contributed by atoms with E-state index >= 15 is 0 Å². The van der Waals surface area contributed by atoms with Crippen molar-refractivity contribution in [3.05, 3.63) is 81.9 Å². The van der Waals surface area contributed by atoms with Crippen molar-refractivity contribution in [1.82, 2.24) is 4.31 Å². The Labute approximate surface area is 248 Å². The second kappa shape index (κ2) is 10.7. The molecule has 0 radical (unpaired) electrons. The molecule has 0 saturated carbocycles. The number of carboxylic acid groups (broad SMARTS) is 1. The van der Waals surface area contributed by atoms with Gasteiger partial charge in [-0.2, -0.15) is 12.7 Å². The van der Waals surface area contributed by atoms with Gasteiger partial charge in [0.05, 0.1) is 17.9 Å². The number of aryl methyl sites for hydroxylation is 1. The van der Waals surface area contributed by atoms with Gasteiger partial charge in [0.2, 0.25) is 0 Å². The first-order valence-electron chi connectivity index (χ1n) is 14.6. The molecule has 3 heterocycles. The lowest BCUT2D eigenvalue weighted by molar-refractivity contribution is -0.160. The molecule has 0 saturated heterocycles. The molecule has 222 valence electrons. The highest BCUT2D eigenvalue weighted by Crippen LogP contribution is 2.50. The Hall–Kier alpha value is -3.40. The Morgan fingerprint density at radius 3 is 2.55 bits per heavy atom. The normalized spacial score (nSPS) is 18.5. The Kier molecular flexibility index (Phi) is 7.32. The van der Waals surface area contributed by atoms with Crippen LogP contribution in [0.15, 0.2) is 48.5 Å². The number of benzene rings is 3. The molecule has 3 aliphatic rings. The summed E-state index contributed by atoms with van der Waals surface area (Å²) in [7, 11) is -3.84. The van der Waals surface area contributed by atoms with Crippen LogP contribution in [0.1, 0.15) is 73.1 Å². The minimum Gasteiger partial charge on any atom is -0.493 e. The third-order valence-electron chi connectivity index (χ3n) is 8.33. The lowest BCUT2D eigenvalue weighted by atomic mass is 9.80. The maximum absolute atomic E-state index is 14.1. The minimum absolute atomic E-state index is 0.209. The van der Waals surface area contributed by atoms with Crippen molar-refractivity contribution < 1.29 is 27.8 Å². The highest BCUT2D eigenvalue weighted by atomic mass is 32.2. The Morgan fingerprint density at radius 2 is 1.83 bits per heavy atom. The number of carboxylic acids is 1. The van der Waals surface area contributed by atoms with Gasteiger partial charge in [0.15, 0.2) is 6.10 Å². The smallest absolute Gasteiger partial charge is 0.337 e. The number of aliphatic carboxylic acids is 1. The van der Waals surface area contributed by atoms with E-state index in [0.29, 0.717) is 37.2 Å². The summed E-state index contributed by atoms with van der Waals surface area (Å²) in [5, 5.41) is 10.6. The average Bonchev–Trinajstić information content (AvgIpc) is 2.95. The van der Waals surface area contributed by atoms with Gasteiger partial charge < -0.3 is 14.6 Å². The molecule has 0 bridgehead atoms. The van der Waals surface area contributed by atoms with Gasteiger partial charge in [-0.1, -0.05) is 36.4 Å². The van der Waals surface area contributed by atoms with Gasteiger partial charge >= 0.3 is 16.2 Å². The minimum atomic E-state index is -3.84. The molecule has 3 aromatic carbocycles. The van der Waals surface area contributed by atoms with Crippen LogP contribution >= 0.6 is 0 Å². The molecule has 3 aliphatic heterocycles. The zero-order valence-corrected chi connectivity index (χ0v) is 25.5. The highest BCUT2D eigenvalue weighted by molar-refractivity contribution is 7.90. The standard InChI is InChI=1S/C33H38N2O6S/c1-21-26-20-34(19-22-10-6-5-7-11-22)42(38,39)35-16-8-13-25(30(26)35)29(31(32(36)37)41-33(2,3)4)28(21)24-14-15-27-23(18-24)12-9-17-40-27/h5-7,10-11,14-15,18,31H,8-9,12-13,16-17,19-20H2,1-4H3,(H,36,37).